The number of anilines is 1. The number of likely N-dealkylation sites (tertiary alicyclic amines) is 1. The molecule has 4 amide bonds. The van der Waals surface area contributed by atoms with E-state index in [1.54, 1.807) is 33.0 Å². The van der Waals surface area contributed by atoms with Crippen LogP contribution in [0, 0.1) is 32.8 Å². The number of imidazole rings is 1. The van der Waals surface area contributed by atoms with Crippen LogP contribution in [0.4, 0.5) is 16.4 Å². The van der Waals surface area contributed by atoms with Gasteiger partial charge in [0.15, 0.2) is 0 Å². The van der Waals surface area contributed by atoms with Gasteiger partial charge < -0.3 is 46.2 Å². The van der Waals surface area contributed by atoms with Gasteiger partial charge in [0.2, 0.25) is 11.8 Å². The Kier molecular flexibility index (Phi) is 16.7. The average Bonchev–Trinajstić information content (AvgIpc) is 4.00. The van der Waals surface area contributed by atoms with E-state index in [0.717, 1.165) is 5.39 Å². The number of hydrogen-bond acceptors (Lipinski definition) is 14. The smallest absolute Gasteiger partial charge is 0.434 e. The molecule has 0 radical (unpaired) electrons. The van der Waals surface area contributed by atoms with E-state index in [0.29, 0.717) is 99.8 Å². The Labute approximate surface area is 396 Å². The van der Waals surface area contributed by atoms with E-state index in [4.69, 9.17) is 9.47 Å². The van der Waals surface area contributed by atoms with Crippen LogP contribution in [0.3, 0.4) is 0 Å². The number of ether oxygens (including phenoxy) is 2. The van der Waals surface area contributed by atoms with E-state index in [1.807, 2.05) is 36.7 Å². The van der Waals surface area contributed by atoms with Crippen LogP contribution in [0.2, 0.25) is 0 Å². The van der Waals surface area contributed by atoms with Crippen molar-refractivity contribution in [2.45, 2.75) is 123 Å². The molecule has 0 bridgehead atoms. The molecule has 1 saturated carbocycles. The van der Waals surface area contributed by atoms with E-state index in [1.165, 1.54) is 23.2 Å². The number of nitriles is 1. The summed E-state index contributed by atoms with van der Waals surface area (Å²) in [6.07, 6.45) is 10.2. The minimum absolute atomic E-state index is 0.0279. The number of hydrogen-bond donors (Lipinski definition) is 5. The fourth-order valence-corrected chi connectivity index (χ4v) is 8.68. The molecule has 2 aliphatic rings. The van der Waals surface area contributed by atoms with Crippen molar-refractivity contribution in [3.63, 3.8) is 0 Å². The summed E-state index contributed by atoms with van der Waals surface area (Å²) >= 11 is 0. The number of nitrogens with zero attached hydrogens (tertiary/aromatic N) is 8. The Bertz CT molecular complexity index is 2460. The third-order valence-corrected chi connectivity index (χ3v) is 12.1. The highest BCUT2D eigenvalue weighted by atomic mass is 16.6. The van der Waals surface area contributed by atoms with E-state index in [2.05, 4.69) is 66.4 Å². The Morgan fingerprint density at radius 1 is 1.01 bits per heavy atom. The summed E-state index contributed by atoms with van der Waals surface area (Å²) in [6, 6.07) is 6.38. The van der Waals surface area contributed by atoms with Crippen LogP contribution in [-0.2, 0) is 25.6 Å². The van der Waals surface area contributed by atoms with E-state index >= 15 is 0 Å². The highest BCUT2D eigenvalue weighted by molar-refractivity contribution is 6.00. The zero-order valence-corrected chi connectivity index (χ0v) is 40.0. The number of carbonyl (C=O) groups excluding carboxylic acids is 4. The molecule has 1 aliphatic heterocycles. The largest absolute Gasteiger partial charge is 0.444 e. The van der Waals surface area contributed by atoms with E-state index < -0.39 is 22.7 Å². The van der Waals surface area contributed by atoms with Gasteiger partial charge in [-0.2, -0.15) is 5.26 Å². The lowest BCUT2D eigenvalue weighted by Crippen LogP contribution is -2.53. The Morgan fingerprint density at radius 3 is 2.49 bits per heavy atom. The number of aryl methyl sites for hydroxylation is 1. The van der Waals surface area contributed by atoms with Gasteiger partial charge in [-0.1, -0.05) is 18.8 Å². The van der Waals surface area contributed by atoms with Crippen LogP contribution in [0.5, 0.6) is 0 Å². The predicted octanol–water partition coefficient (Wildman–Crippen LogP) is 4.84. The Balaban J connectivity index is 0.902. The number of fused-ring (bicyclic) bond motifs is 1. The lowest BCUT2D eigenvalue weighted by Gasteiger charge is -2.29. The molecule has 0 spiro atoms. The topological polar surface area (TPSA) is 266 Å². The van der Waals surface area contributed by atoms with Gasteiger partial charge in [0.05, 0.1) is 36.6 Å². The van der Waals surface area contributed by atoms with Gasteiger partial charge >= 0.3 is 12.0 Å². The summed E-state index contributed by atoms with van der Waals surface area (Å²) in [4.78, 5) is 78.9. The third kappa shape index (κ3) is 13.7. The van der Waals surface area contributed by atoms with Crippen molar-refractivity contribution < 1.29 is 33.6 Å². The SMILES string of the molecule is CC(C)Nc1cc(-n2ccc3cc(C#N)cnc32)ncc1C(=O)NC1CCC(C(=O)NCCOCCN2C[C@@H](NC(=O)[C@H](CCCn3ccnc3[N+](=O)[O-])NC(=O)OC(C)(C)C)C(C)(C)C2)CC1. The molecule has 68 heavy (non-hydrogen) atoms. The van der Waals surface area contributed by atoms with Gasteiger partial charge in [-0.25, -0.2) is 19.3 Å². The maximum Gasteiger partial charge on any atom is 0.434 e. The van der Waals surface area contributed by atoms with Crippen LogP contribution >= 0.6 is 0 Å². The van der Waals surface area contributed by atoms with Crippen molar-refractivity contribution in [1.29, 1.82) is 5.26 Å². The van der Waals surface area contributed by atoms with E-state index in [9.17, 15) is 34.6 Å². The highest BCUT2D eigenvalue weighted by Gasteiger charge is 2.41. The van der Waals surface area contributed by atoms with Crippen LogP contribution < -0.4 is 26.6 Å². The fourth-order valence-electron chi connectivity index (χ4n) is 8.68. The number of carbonyl (C=O) groups is 4. The molecule has 21 heteroatoms. The Morgan fingerprint density at radius 2 is 1.78 bits per heavy atom. The van der Waals surface area contributed by atoms with Gasteiger partial charge in [-0.05, 0) is 95.6 Å². The van der Waals surface area contributed by atoms with Gasteiger partial charge in [0.1, 0.15) is 41.6 Å². The molecule has 2 fully saturated rings. The maximum atomic E-state index is 13.7. The molecule has 2 atom stereocenters. The summed E-state index contributed by atoms with van der Waals surface area (Å²) in [5, 5.41) is 36.8. The number of nitro groups is 1. The van der Waals surface area contributed by atoms with Gasteiger partial charge in [-0.15, -0.1) is 0 Å². The standard InChI is InChI=1S/C47H65N13O8/c1-30(2)53-37-24-39(59-18-14-33-23-31(25-48)26-52-40(33)59)51-27-35(37)42(62)54-34-12-10-32(11-13-34)41(61)49-16-21-67-22-20-57-28-38(47(6,7)29-57)56-43(63)36(55-45(64)68-46(3,4)5)9-8-17-58-19-15-50-44(58)60(65)66/h14-15,18-19,23-24,26-27,30,32,34,36,38H,8-13,16-17,20-22,28-29H2,1-7H3,(H,49,61)(H,51,53)(H,54,62)(H,55,64)(H,56,63)/t32?,34?,36-,38+/m0/s1. The molecule has 5 heterocycles. The first-order chi connectivity index (χ1) is 32.3. The molecule has 21 nitrogen and oxygen atoms in total. The zero-order chi connectivity index (χ0) is 49.2. The van der Waals surface area contributed by atoms with Crippen molar-refractivity contribution in [2.24, 2.45) is 11.3 Å². The lowest BCUT2D eigenvalue weighted by molar-refractivity contribution is -0.396. The van der Waals surface area contributed by atoms with Crippen LogP contribution in [-0.4, -0.2) is 127 Å². The summed E-state index contributed by atoms with van der Waals surface area (Å²) in [5.74, 6) is -0.505. The molecule has 4 aromatic rings. The first kappa shape index (κ1) is 50.7. The zero-order valence-electron chi connectivity index (χ0n) is 40.0. The minimum Gasteiger partial charge on any atom is -0.444 e. The molecule has 6 rings (SSSR count). The normalized spacial score (nSPS) is 18.7. The van der Waals surface area contributed by atoms with Crippen molar-refractivity contribution in [3.05, 3.63) is 70.4 Å². The number of nitrogens with one attached hydrogen (secondary N) is 5. The van der Waals surface area contributed by atoms with Gasteiger partial charge in [0, 0.05) is 80.3 Å². The molecule has 1 aliphatic carbocycles. The lowest BCUT2D eigenvalue weighted by atomic mass is 9.85. The molecule has 366 valence electrons. The second-order valence-electron chi connectivity index (χ2n) is 19.6. The van der Waals surface area contributed by atoms with Crippen molar-refractivity contribution in [2.75, 3.05) is 44.7 Å². The highest BCUT2D eigenvalue weighted by Crippen LogP contribution is 2.30. The summed E-state index contributed by atoms with van der Waals surface area (Å²) in [5.41, 5.74) is 1.11. The summed E-state index contributed by atoms with van der Waals surface area (Å²) in [7, 11) is 0. The minimum atomic E-state index is -0.932. The van der Waals surface area contributed by atoms with Crippen LogP contribution in [0.25, 0.3) is 16.9 Å². The molecule has 0 aromatic carbocycles. The maximum absolute atomic E-state index is 13.7. The molecule has 1 saturated heterocycles. The molecule has 5 N–H and O–H groups in total. The Hall–Kier alpha value is -6.66. The van der Waals surface area contributed by atoms with Crippen molar-refractivity contribution >= 4 is 46.5 Å². The van der Waals surface area contributed by atoms with Crippen LogP contribution in [0.15, 0.2) is 49.2 Å². The van der Waals surface area contributed by atoms with Crippen molar-refractivity contribution in [3.8, 4) is 11.9 Å². The monoisotopic (exact) mass is 940 g/mol. The third-order valence-electron chi connectivity index (χ3n) is 12.1. The van der Waals surface area contributed by atoms with Crippen molar-refractivity contribution in [1.82, 2.24) is 50.3 Å². The number of pyridine rings is 2. The van der Waals surface area contributed by atoms with Gasteiger partial charge in [0.25, 0.3) is 5.91 Å². The number of aromatic nitrogens is 5. The first-order valence-electron chi connectivity index (χ1n) is 23.3. The molecular weight excluding hydrogens is 875 g/mol. The average molecular weight is 940 g/mol. The number of alkyl carbamates (subject to hydrolysis) is 1. The molecular formula is C47H65N13O8. The van der Waals surface area contributed by atoms with Crippen LogP contribution in [0.1, 0.15) is 103 Å². The first-order valence-corrected chi connectivity index (χ1v) is 23.3. The second-order valence-corrected chi connectivity index (χ2v) is 19.6. The van der Waals surface area contributed by atoms with Gasteiger partial charge in [-0.3, -0.25) is 23.9 Å². The molecule has 4 aromatic heterocycles. The number of amides is 4. The predicted molar refractivity (Wildman–Crippen MR) is 253 cm³/mol. The molecule has 0 unspecified atom stereocenters. The fraction of sp³-hybridized carbons (Fsp3) is 0.574. The summed E-state index contributed by atoms with van der Waals surface area (Å²) < 4.78 is 14.5. The number of rotatable bonds is 20. The van der Waals surface area contributed by atoms with E-state index in [-0.39, 0.29) is 66.1 Å². The second kappa shape index (κ2) is 22.4. The summed E-state index contributed by atoms with van der Waals surface area (Å²) in [6.45, 7) is 16.6. The quantitative estimate of drug-likeness (QED) is 0.0451.